The second-order valence-electron chi connectivity index (χ2n) is 4.00. The SMILES string of the molecule is FC(F)(F)c1cccc(-c2nc(CI)c(C(F)(F)F)o2)c1. The van der Waals surface area contributed by atoms with Crippen molar-refractivity contribution in [1.29, 1.82) is 0 Å². The zero-order valence-corrected chi connectivity index (χ0v) is 12.2. The molecule has 21 heavy (non-hydrogen) atoms. The average Bonchev–Trinajstić information content (AvgIpc) is 2.82. The number of alkyl halides is 7. The van der Waals surface area contributed by atoms with E-state index in [4.69, 9.17) is 0 Å². The lowest BCUT2D eigenvalue weighted by molar-refractivity contribution is -0.153. The van der Waals surface area contributed by atoms with Crippen LogP contribution in [0.4, 0.5) is 26.3 Å². The Bertz CT molecular complexity index is 646. The molecule has 0 radical (unpaired) electrons. The van der Waals surface area contributed by atoms with Crippen molar-refractivity contribution in [2.75, 3.05) is 0 Å². The highest BCUT2D eigenvalue weighted by molar-refractivity contribution is 14.1. The summed E-state index contributed by atoms with van der Waals surface area (Å²) in [6.07, 6.45) is -9.34. The van der Waals surface area contributed by atoms with Gasteiger partial charge in [0.25, 0.3) is 0 Å². The van der Waals surface area contributed by atoms with E-state index in [0.717, 1.165) is 12.1 Å². The highest BCUT2D eigenvalue weighted by atomic mass is 127. The predicted octanol–water partition coefficient (Wildman–Crippen LogP) is 5.31. The van der Waals surface area contributed by atoms with Crippen LogP contribution in [-0.4, -0.2) is 4.98 Å². The highest BCUT2D eigenvalue weighted by Gasteiger charge is 2.39. The summed E-state index contributed by atoms with van der Waals surface area (Å²) in [7, 11) is 0. The van der Waals surface area contributed by atoms with Crippen LogP contribution in [0.25, 0.3) is 11.5 Å². The molecule has 1 aromatic carbocycles. The molecule has 0 aliphatic rings. The number of rotatable bonds is 2. The van der Waals surface area contributed by atoms with Crippen LogP contribution in [0.1, 0.15) is 17.0 Å². The van der Waals surface area contributed by atoms with Crippen molar-refractivity contribution in [2.45, 2.75) is 16.8 Å². The maximum atomic E-state index is 12.7. The number of hydrogen-bond donors (Lipinski definition) is 0. The second-order valence-corrected chi connectivity index (χ2v) is 4.77. The van der Waals surface area contributed by atoms with Gasteiger partial charge in [-0.25, -0.2) is 4.98 Å². The number of nitrogens with zero attached hydrogens (tertiary/aromatic N) is 1. The van der Waals surface area contributed by atoms with E-state index in [9.17, 15) is 26.3 Å². The molecule has 1 heterocycles. The number of hydrogen-bond acceptors (Lipinski definition) is 2. The van der Waals surface area contributed by atoms with E-state index in [1.165, 1.54) is 6.07 Å². The lowest BCUT2D eigenvalue weighted by Gasteiger charge is -2.07. The topological polar surface area (TPSA) is 26.0 Å². The monoisotopic (exact) mass is 421 g/mol. The van der Waals surface area contributed by atoms with Crippen LogP contribution < -0.4 is 0 Å². The number of aromatic nitrogens is 1. The Morgan fingerprint density at radius 3 is 2.19 bits per heavy atom. The Balaban J connectivity index is 2.51. The minimum atomic E-state index is -4.74. The quantitative estimate of drug-likeness (QED) is 0.373. The predicted molar refractivity (Wildman–Crippen MR) is 69.7 cm³/mol. The first-order valence-corrected chi connectivity index (χ1v) is 6.96. The molecule has 2 aromatic rings. The maximum absolute atomic E-state index is 12.7. The van der Waals surface area contributed by atoms with Crippen molar-refractivity contribution < 1.29 is 30.8 Å². The molecule has 0 saturated heterocycles. The molecule has 2 nitrogen and oxygen atoms in total. The molecule has 9 heteroatoms. The van der Waals surface area contributed by atoms with Gasteiger partial charge in [0, 0.05) is 9.99 Å². The first kappa shape index (κ1) is 16.1. The minimum Gasteiger partial charge on any atom is -0.431 e. The van der Waals surface area contributed by atoms with Crippen molar-refractivity contribution in [1.82, 2.24) is 4.98 Å². The smallest absolute Gasteiger partial charge is 0.431 e. The lowest BCUT2D eigenvalue weighted by atomic mass is 10.1. The van der Waals surface area contributed by atoms with Gasteiger partial charge in [-0.2, -0.15) is 26.3 Å². The van der Waals surface area contributed by atoms with E-state index in [1.54, 1.807) is 22.6 Å². The summed E-state index contributed by atoms with van der Waals surface area (Å²) in [5.41, 5.74) is -1.50. The van der Waals surface area contributed by atoms with Gasteiger partial charge in [0.15, 0.2) is 0 Å². The summed E-state index contributed by atoms with van der Waals surface area (Å²) in [6.45, 7) is 0. The third kappa shape index (κ3) is 3.50. The van der Waals surface area contributed by atoms with Gasteiger partial charge in [0.1, 0.15) is 5.69 Å². The first-order chi connectivity index (χ1) is 9.63. The van der Waals surface area contributed by atoms with Crippen molar-refractivity contribution >= 4 is 22.6 Å². The third-order valence-electron chi connectivity index (χ3n) is 2.52. The van der Waals surface area contributed by atoms with Gasteiger partial charge in [-0.15, -0.1) is 0 Å². The van der Waals surface area contributed by atoms with E-state index >= 15 is 0 Å². The summed E-state index contributed by atoms with van der Waals surface area (Å²) in [6, 6.07) is 3.80. The zero-order valence-electron chi connectivity index (χ0n) is 10.0. The standard InChI is InChI=1S/C12H6F6INO/c13-11(14,15)7-3-1-2-6(4-7)10-20-8(5-19)9(21-10)12(16,17)18/h1-4H,5H2. The summed E-state index contributed by atoms with van der Waals surface area (Å²) in [5.74, 6) is -1.77. The number of benzene rings is 1. The molecule has 0 saturated carbocycles. The summed E-state index contributed by atoms with van der Waals surface area (Å²) >= 11 is 1.67. The Morgan fingerprint density at radius 1 is 1.05 bits per heavy atom. The van der Waals surface area contributed by atoms with Crippen molar-refractivity contribution in [2.24, 2.45) is 0 Å². The van der Waals surface area contributed by atoms with Gasteiger partial charge in [-0.05, 0) is 18.2 Å². The maximum Gasteiger partial charge on any atom is 0.451 e. The van der Waals surface area contributed by atoms with E-state index in [-0.39, 0.29) is 15.7 Å². The molecule has 0 fully saturated rings. The van der Waals surface area contributed by atoms with Crippen molar-refractivity contribution in [3.8, 4) is 11.5 Å². The van der Waals surface area contributed by atoms with Gasteiger partial charge < -0.3 is 4.42 Å². The summed E-state index contributed by atoms with van der Waals surface area (Å²) < 4.78 is 80.5. The molecule has 0 bridgehead atoms. The molecule has 2 rings (SSSR count). The molecule has 114 valence electrons. The van der Waals surface area contributed by atoms with Crippen LogP contribution in [0, 0.1) is 0 Å². The summed E-state index contributed by atoms with van der Waals surface area (Å²) in [4.78, 5) is 3.63. The second kappa shape index (κ2) is 5.50. The van der Waals surface area contributed by atoms with Gasteiger partial charge in [-0.1, -0.05) is 28.7 Å². The van der Waals surface area contributed by atoms with Crippen molar-refractivity contribution in [3.63, 3.8) is 0 Å². The van der Waals surface area contributed by atoms with Crippen LogP contribution >= 0.6 is 22.6 Å². The Labute approximate surface area is 128 Å². The fourth-order valence-electron chi connectivity index (χ4n) is 1.62. The fraction of sp³-hybridized carbons (Fsp3) is 0.250. The largest absolute Gasteiger partial charge is 0.451 e. The molecule has 0 aliphatic heterocycles. The molecule has 0 unspecified atom stereocenters. The Hall–Kier alpha value is -1.26. The third-order valence-corrected chi connectivity index (χ3v) is 3.24. The van der Waals surface area contributed by atoms with Crippen LogP contribution in [-0.2, 0) is 16.8 Å². The van der Waals surface area contributed by atoms with E-state index in [0.29, 0.717) is 6.07 Å². The normalized spacial score (nSPS) is 12.7. The fourth-order valence-corrected chi connectivity index (χ4v) is 2.13. The molecule has 0 atom stereocenters. The van der Waals surface area contributed by atoms with Crippen LogP contribution in [0.15, 0.2) is 28.7 Å². The molecule has 0 aliphatic carbocycles. The van der Waals surface area contributed by atoms with Gasteiger partial charge >= 0.3 is 12.4 Å². The number of halogens is 7. The summed E-state index contributed by atoms with van der Waals surface area (Å²) in [5, 5.41) is 0. The molecule has 0 amide bonds. The van der Waals surface area contributed by atoms with Gasteiger partial charge in [0.05, 0.1) is 5.56 Å². The molecule has 0 spiro atoms. The minimum absolute atomic E-state index is 0.0743. The van der Waals surface area contributed by atoms with E-state index in [2.05, 4.69) is 9.40 Å². The van der Waals surface area contributed by atoms with Gasteiger partial charge in [0.2, 0.25) is 11.7 Å². The lowest BCUT2D eigenvalue weighted by Crippen LogP contribution is -2.06. The van der Waals surface area contributed by atoms with Crippen LogP contribution in [0.2, 0.25) is 0 Å². The van der Waals surface area contributed by atoms with E-state index in [1.807, 2.05) is 0 Å². The van der Waals surface area contributed by atoms with Crippen molar-refractivity contribution in [3.05, 3.63) is 41.3 Å². The molecular weight excluding hydrogens is 415 g/mol. The first-order valence-electron chi connectivity index (χ1n) is 5.43. The zero-order chi connectivity index (χ0) is 15.8. The number of oxazole rings is 1. The van der Waals surface area contributed by atoms with E-state index < -0.39 is 29.6 Å². The Kier molecular flexibility index (Phi) is 4.22. The van der Waals surface area contributed by atoms with Gasteiger partial charge in [-0.3, -0.25) is 0 Å². The average molecular weight is 421 g/mol. The molecule has 0 N–H and O–H groups in total. The Morgan fingerprint density at radius 2 is 1.71 bits per heavy atom. The highest BCUT2D eigenvalue weighted by Crippen LogP contribution is 2.37. The van der Waals surface area contributed by atoms with Crippen LogP contribution in [0.3, 0.4) is 0 Å². The van der Waals surface area contributed by atoms with Crippen LogP contribution in [0.5, 0.6) is 0 Å². The molecular formula is C12H6F6INO. The molecule has 1 aromatic heterocycles.